The summed E-state index contributed by atoms with van der Waals surface area (Å²) in [6, 6.07) is 7.67. The normalized spacial score (nSPS) is 19.9. The predicted molar refractivity (Wildman–Crippen MR) is 81.6 cm³/mol. The fourth-order valence-electron chi connectivity index (χ4n) is 1.81. The molecule has 1 aromatic heterocycles. The van der Waals surface area contributed by atoms with Crippen LogP contribution in [0.1, 0.15) is 6.42 Å². The van der Waals surface area contributed by atoms with Gasteiger partial charge in [0.25, 0.3) is 0 Å². The Morgan fingerprint density at radius 3 is 2.70 bits per heavy atom. The zero-order chi connectivity index (χ0) is 14.2. The van der Waals surface area contributed by atoms with Crippen LogP contribution in [0.25, 0.3) is 11.4 Å². The van der Waals surface area contributed by atoms with E-state index in [0.717, 1.165) is 29.3 Å². The van der Waals surface area contributed by atoms with E-state index in [1.165, 1.54) is 0 Å². The molecule has 1 aromatic carbocycles. The zero-order valence-electron chi connectivity index (χ0n) is 10.8. The molecule has 1 heterocycles. The van der Waals surface area contributed by atoms with Gasteiger partial charge in [-0.1, -0.05) is 11.8 Å². The Kier molecular flexibility index (Phi) is 3.84. The molecule has 3 rings (SSSR count). The van der Waals surface area contributed by atoms with E-state index in [1.54, 1.807) is 18.9 Å². The topological polar surface area (TPSA) is 50.8 Å². The fourth-order valence-corrected chi connectivity index (χ4v) is 3.54. The van der Waals surface area contributed by atoms with Crippen molar-refractivity contribution in [2.45, 2.75) is 15.9 Å². The first kappa shape index (κ1) is 14.0. The van der Waals surface area contributed by atoms with Crippen LogP contribution in [0.15, 0.2) is 29.4 Å². The van der Waals surface area contributed by atoms with E-state index in [0.29, 0.717) is 11.1 Å². The van der Waals surface area contributed by atoms with Gasteiger partial charge >= 0.3 is 0 Å². The SMILES string of the molecule is COc1ccc(-c2nc(SCC3CC3(Cl)Cl)n[nH]2)cc1. The fraction of sp³-hybridized carbons (Fsp3) is 0.385. The molecule has 1 atom stereocenters. The lowest BCUT2D eigenvalue weighted by Crippen LogP contribution is -1.93. The average molecular weight is 330 g/mol. The summed E-state index contributed by atoms with van der Waals surface area (Å²) in [6.45, 7) is 0. The number of nitrogens with zero attached hydrogens (tertiary/aromatic N) is 2. The van der Waals surface area contributed by atoms with Crippen LogP contribution in [0.5, 0.6) is 5.75 Å². The first-order valence-corrected chi connectivity index (χ1v) is 7.90. The maximum atomic E-state index is 5.99. The molecule has 20 heavy (non-hydrogen) atoms. The lowest BCUT2D eigenvalue weighted by molar-refractivity contribution is 0.415. The molecule has 1 N–H and O–H groups in total. The molecular formula is C13H13Cl2N3OS. The van der Waals surface area contributed by atoms with E-state index in [1.807, 2.05) is 24.3 Å². The van der Waals surface area contributed by atoms with Gasteiger partial charge in [0.15, 0.2) is 5.82 Å². The molecular weight excluding hydrogens is 317 g/mol. The Morgan fingerprint density at radius 2 is 2.10 bits per heavy atom. The van der Waals surface area contributed by atoms with Crippen molar-refractivity contribution < 1.29 is 4.74 Å². The van der Waals surface area contributed by atoms with Crippen molar-refractivity contribution in [3.63, 3.8) is 0 Å². The van der Waals surface area contributed by atoms with Crippen molar-refractivity contribution in [3.05, 3.63) is 24.3 Å². The van der Waals surface area contributed by atoms with Crippen LogP contribution < -0.4 is 4.74 Å². The van der Waals surface area contributed by atoms with E-state index in [9.17, 15) is 0 Å². The van der Waals surface area contributed by atoms with Gasteiger partial charge in [-0.15, -0.1) is 28.3 Å². The molecule has 0 bridgehead atoms. The Bertz CT molecular complexity index is 600. The maximum Gasteiger partial charge on any atom is 0.208 e. The molecule has 2 aromatic rings. The van der Waals surface area contributed by atoms with Crippen LogP contribution in [0, 0.1) is 5.92 Å². The van der Waals surface area contributed by atoms with Crippen LogP contribution in [0.3, 0.4) is 0 Å². The molecule has 1 fully saturated rings. The minimum atomic E-state index is -0.540. The van der Waals surface area contributed by atoms with Crippen molar-refractivity contribution in [1.82, 2.24) is 15.2 Å². The Hall–Kier alpha value is -0.910. The number of methoxy groups -OCH3 is 1. The molecule has 106 valence electrons. The number of hydrogen-bond donors (Lipinski definition) is 1. The first-order chi connectivity index (χ1) is 9.58. The van der Waals surface area contributed by atoms with E-state index < -0.39 is 4.33 Å². The third-order valence-electron chi connectivity index (χ3n) is 3.20. The lowest BCUT2D eigenvalue weighted by Gasteiger charge is -1.99. The number of alkyl halides is 2. The van der Waals surface area contributed by atoms with Crippen LogP contribution in [-0.2, 0) is 0 Å². The highest BCUT2D eigenvalue weighted by molar-refractivity contribution is 7.99. The second kappa shape index (κ2) is 5.47. The molecule has 7 heteroatoms. The summed E-state index contributed by atoms with van der Waals surface area (Å²) in [5.41, 5.74) is 0.973. The first-order valence-electron chi connectivity index (χ1n) is 6.16. The smallest absolute Gasteiger partial charge is 0.208 e. The summed E-state index contributed by atoms with van der Waals surface area (Å²) in [5.74, 6) is 2.73. The number of H-pyrrole nitrogens is 1. The highest BCUT2D eigenvalue weighted by Gasteiger charge is 2.51. The van der Waals surface area contributed by atoms with Crippen molar-refractivity contribution in [1.29, 1.82) is 0 Å². The second-order valence-corrected chi connectivity index (χ2v) is 7.20. The summed E-state index contributed by atoms with van der Waals surface area (Å²) >= 11 is 13.6. The van der Waals surface area contributed by atoms with Gasteiger partial charge in [0.05, 0.1) is 7.11 Å². The third-order valence-corrected chi connectivity index (χ3v) is 5.13. The molecule has 4 nitrogen and oxygen atoms in total. The van der Waals surface area contributed by atoms with Crippen molar-refractivity contribution in [2.75, 3.05) is 12.9 Å². The van der Waals surface area contributed by atoms with Crippen molar-refractivity contribution >= 4 is 35.0 Å². The number of aromatic nitrogens is 3. The van der Waals surface area contributed by atoms with E-state index in [4.69, 9.17) is 27.9 Å². The average Bonchev–Trinajstić information content (AvgIpc) is 2.88. The predicted octanol–water partition coefficient (Wildman–Crippen LogP) is 3.77. The quantitative estimate of drug-likeness (QED) is 0.670. The number of aromatic amines is 1. The van der Waals surface area contributed by atoms with Gasteiger partial charge in [0.1, 0.15) is 10.1 Å². The standard InChI is InChI=1S/C13H13Cl2N3OS/c1-19-10-4-2-8(3-5-10)11-16-12(18-17-11)20-7-9-6-13(9,14)15/h2-5,9H,6-7H2,1H3,(H,16,17,18). The van der Waals surface area contributed by atoms with Crippen LogP contribution >= 0.6 is 35.0 Å². The van der Waals surface area contributed by atoms with Gasteiger partial charge in [-0.2, -0.15) is 0 Å². The number of halogens is 2. The number of rotatable bonds is 5. The van der Waals surface area contributed by atoms with Gasteiger partial charge in [0.2, 0.25) is 5.16 Å². The number of benzene rings is 1. The lowest BCUT2D eigenvalue weighted by atomic mass is 10.2. The molecule has 0 aliphatic heterocycles. The van der Waals surface area contributed by atoms with Crippen LogP contribution in [0.4, 0.5) is 0 Å². The monoisotopic (exact) mass is 329 g/mol. The molecule has 0 amide bonds. The van der Waals surface area contributed by atoms with Gasteiger partial charge in [-0.25, -0.2) is 4.98 Å². The summed E-state index contributed by atoms with van der Waals surface area (Å²) < 4.78 is 4.59. The number of nitrogens with one attached hydrogen (secondary N) is 1. The highest BCUT2D eigenvalue weighted by Crippen LogP contribution is 2.54. The van der Waals surface area contributed by atoms with Crippen molar-refractivity contribution in [2.24, 2.45) is 5.92 Å². The molecule has 0 radical (unpaired) electrons. The number of hydrogen-bond acceptors (Lipinski definition) is 4. The number of thioether (sulfide) groups is 1. The minimum Gasteiger partial charge on any atom is -0.497 e. The van der Waals surface area contributed by atoms with E-state index in [2.05, 4.69) is 15.2 Å². The summed E-state index contributed by atoms with van der Waals surface area (Å²) in [7, 11) is 1.64. The van der Waals surface area contributed by atoms with Gasteiger partial charge in [-0.05, 0) is 30.7 Å². The van der Waals surface area contributed by atoms with Crippen molar-refractivity contribution in [3.8, 4) is 17.1 Å². The molecule has 0 spiro atoms. The Labute approximate surface area is 131 Å². The molecule has 1 unspecified atom stereocenters. The van der Waals surface area contributed by atoms with Gasteiger partial charge < -0.3 is 4.74 Å². The third kappa shape index (κ3) is 3.05. The second-order valence-electron chi connectivity index (χ2n) is 4.67. The molecule has 1 saturated carbocycles. The van der Waals surface area contributed by atoms with Gasteiger partial charge in [-0.3, -0.25) is 5.10 Å². The zero-order valence-corrected chi connectivity index (χ0v) is 13.1. The summed E-state index contributed by atoms with van der Waals surface area (Å²) in [4.78, 5) is 4.45. The van der Waals surface area contributed by atoms with Gasteiger partial charge in [0, 0.05) is 17.2 Å². The molecule has 1 aliphatic carbocycles. The van der Waals surface area contributed by atoms with Crippen LogP contribution in [0.2, 0.25) is 0 Å². The highest BCUT2D eigenvalue weighted by atomic mass is 35.5. The molecule has 0 saturated heterocycles. The molecule has 1 aliphatic rings. The van der Waals surface area contributed by atoms with Crippen LogP contribution in [-0.4, -0.2) is 32.4 Å². The summed E-state index contributed by atoms with van der Waals surface area (Å²) in [6.07, 6.45) is 0.846. The van der Waals surface area contributed by atoms with E-state index >= 15 is 0 Å². The maximum absolute atomic E-state index is 5.99. The number of ether oxygens (including phenoxy) is 1. The van der Waals surface area contributed by atoms with E-state index in [-0.39, 0.29) is 0 Å². The minimum absolute atomic E-state index is 0.332. The largest absolute Gasteiger partial charge is 0.497 e. The summed E-state index contributed by atoms with van der Waals surface area (Å²) in [5, 5.41) is 7.84. The Balaban J connectivity index is 1.63. The Morgan fingerprint density at radius 1 is 1.40 bits per heavy atom.